The Morgan fingerprint density at radius 3 is 2.64 bits per heavy atom. The standard InChI is InChI=1S/C12H12N2/c1-2-10-14-12(8-9-13)11-6-4-3-5-7-11/h1,3-7,12,14H,8,10H2. The molecule has 0 aliphatic rings. The maximum Gasteiger partial charge on any atom is 0.0641 e. The minimum Gasteiger partial charge on any atom is -0.298 e. The quantitative estimate of drug-likeness (QED) is 0.725. The van der Waals surface area contributed by atoms with Crippen molar-refractivity contribution in [2.45, 2.75) is 12.5 Å². The van der Waals surface area contributed by atoms with E-state index in [1.54, 1.807) is 0 Å². The van der Waals surface area contributed by atoms with Gasteiger partial charge in [0.2, 0.25) is 0 Å². The van der Waals surface area contributed by atoms with Gasteiger partial charge >= 0.3 is 0 Å². The molecule has 2 heteroatoms. The van der Waals surface area contributed by atoms with Crippen LogP contribution in [0.3, 0.4) is 0 Å². The molecule has 0 aliphatic carbocycles. The van der Waals surface area contributed by atoms with Gasteiger partial charge in [0.05, 0.1) is 19.0 Å². The van der Waals surface area contributed by atoms with Crippen molar-refractivity contribution in [3.63, 3.8) is 0 Å². The molecule has 0 bridgehead atoms. The highest BCUT2D eigenvalue weighted by Gasteiger charge is 2.08. The average molecular weight is 184 g/mol. The van der Waals surface area contributed by atoms with Crippen LogP contribution in [0.2, 0.25) is 0 Å². The minimum atomic E-state index is 0.0391. The van der Waals surface area contributed by atoms with E-state index in [9.17, 15) is 0 Å². The molecule has 0 radical (unpaired) electrons. The number of nitrogens with zero attached hydrogens (tertiary/aromatic N) is 1. The zero-order valence-corrected chi connectivity index (χ0v) is 7.90. The lowest BCUT2D eigenvalue weighted by Crippen LogP contribution is -2.21. The lowest BCUT2D eigenvalue weighted by Gasteiger charge is -2.13. The smallest absolute Gasteiger partial charge is 0.0641 e. The Balaban J connectivity index is 2.69. The first-order valence-electron chi connectivity index (χ1n) is 4.47. The molecule has 1 atom stereocenters. The molecule has 1 aromatic carbocycles. The summed E-state index contributed by atoms with van der Waals surface area (Å²) in [5.41, 5.74) is 1.10. The molecule has 1 aromatic rings. The first-order chi connectivity index (χ1) is 6.88. The average Bonchev–Trinajstić information content (AvgIpc) is 2.25. The highest BCUT2D eigenvalue weighted by Crippen LogP contribution is 2.14. The summed E-state index contributed by atoms with van der Waals surface area (Å²) in [4.78, 5) is 0. The fourth-order valence-corrected chi connectivity index (χ4v) is 1.27. The van der Waals surface area contributed by atoms with Gasteiger partial charge in [0.1, 0.15) is 0 Å². The number of rotatable bonds is 4. The van der Waals surface area contributed by atoms with E-state index in [1.807, 2.05) is 30.3 Å². The Bertz CT molecular complexity index is 343. The zero-order valence-electron chi connectivity index (χ0n) is 7.90. The van der Waals surface area contributed by atoms with Crippen LogP contribution in [0.1, 0.15) is 18.0 Å². The van der Waals surface area contributed by atoms with Gasteiger partial charge in [0.15, 0.2) is 0 Å². The van der Waals surface area contributed by atoms with Crippen molar-refractivity contribution in [3.8, 4) is 18.4 Å². The predicted octanol–water partition coefficient (Wildman–Crippen LogP) is 1.86. The molecule has 0 amide bonds. The van der Waals surface area contributed by atoms with Gasteiger partial charge in [0.25, 0.3) is 0 Å². The Morgan fingerprint density at radius 1 is 1.36 bits per heavy atom. The topological polar surface area (TPSA) is 35.8 Å². The molecule has 0 spiro atoms. The number of nitrogens with one attached hydrogen (secondary N) is 1. The summed E-state index contributed by atoms with van der Waals surface area (Å²) in [6, 6.07) is 12.0. The third kappa shape index (κ3) is 2.94. The van der Waals surface area contributed by atoms with Crippen LogP contribution in [0.25, 0.3) is 0 Å². The minimum absolute atomic E-state index is 0.0391. The van der Waals surface area contributed by atoms with Crippen LogP contribution in [-0.2, 0) is 0 Å². The second-order valence-corrected chi connectivity index (χ2v) is 2.91. The summed E-state index contributed by atoms with van der Waals surface area (Å²) in [6.07, 6.45) is 5.59. The van der Waals surface area contributed by atoms with Gasteiger partial charge < -0.3 is 0 Å². The Kier molecular flexibility index (Phi) is 4.27. The third-order valence-corrected chi connectivity index (χ3v) is 1.95. The number of hydrogen-bond donors (Lipinski definition) is 1. The SMILES string of the molecule is C#CCNC(CC#N)c1ccccc1. The molecule has 1 rings (SSSR count). The molecular weight excluding hydrogens is 172 g/mol. The first kappa shape index (κ1) is 10.3. The summed E-state index contributed by atoms with van der Waals surface area (Å²) in [5, 5.41) is 11.8. The van der Waals surface area contributed by atoms with E-state index >= 15 is 0 Å². The van der Waals surface area contributed by atoms with Gasteiger partial charge in [-0.05, 0) is 5.56 Å². The number of terminal acetylenes is 1. The molecule has 2 nitrogen and oxygen atoms in total. The van der Waals surface area contributed by atoms with E-state index in [-0.39, 0.29) is 6.04 Å². The molecule has 0 fully saturated rings. The maximum atomic E-state index is 8.66. The summed E-state index contributed by atoms with van der Waals surface area (Å²) >= 11 is 0. The normalized spacial score (nSPS) is 11.3. The van der Waals surface area contributed by atoms with Crippen LogP contribution < -0.4 is 5.32 Å². The molecule has 0 heterocycles. The van der Waals surface area contributed by atoms with Crippen LogP contribution in [0.15, 0.2) is 30.3 Å². The second-order valence-electron chi connectivity index (χ2n) is 2.91. The number of hydrogen-bond acceptors (Lipinski definition) is 2. The predicted molar refractivity (Wildman–Crippen MR) is 56.2 cm³/mol. The van der Waals surface area contributed by atoms with Gasteiger partial charge in [-0.25, -0.2) is 0 Å². The lowest BCUT2D eigenvalue weighted by atomic mass is 10.0. The molecule has 1 N–H and O–H groups in total. The second kappa shape index (κ2) is 5.80. The van der Waals surface area contributed by atoms with Crippen LogP contribution in [-0.4, -0.2) is 6.54 Å². The van der Waals surface area contributed by atoms with E-state index in [2.05, 4.69) is 17.3 Å². The molecular formula is C12H12N2. The highest BCUT2D eigenvalue weighted by molar-refractivity contribution is 5.20. The van der Waals surface area contributed by atoms with Gasteiger partial charge in [-0.15, -0.1) is 6.42 Å². The zero-order chi connectivity index (χ0) is 10.2. The van der Waals surface area contributed by atoms with E-state index in [0.29, 0.717) is 13.0 Å². The van der Waals surface area contributed by atoms with Crippen LogP contribution in [0.4, 0.5) is 0 Å². The van der Waals surface area contributed by atoms with Crippen LogP contribution >= 0.6 is 0 Å². The molecule has 0 saturated heterocycles. The Morgan fingerprint density at radius 2 is 2.07 bits per heavy atom. The van der Waals surface area contributed by atoms with Gasteiger partial charge in [0, 0.05) is 6.04 Å². The summed E-state index contributed by atoms with van der Waals surface area (Å²) in [5.74, 6) is 2.51. The summed E-state index contributed by atoms with van der Waals surface area (Å²) in [7, 11) is 0. The van der Waals surface area contributed by atoms with Gasteiger partial charge in [-0.2, -0.15) is 5.26 Å². The van der Waals surface area contributed by atoms with E-state index in [4.69, 9.17) is 11.7 Å². The van der Waals surface area contributed by atoms with Gasteiger partial charge in [-0.3, -0.25) is 5.32 Å². The lowest BCUT2D eigenvalue weighted by molar-refractivity contribution is 0.584. The monoisotopic (exact) mass is 184 g/mol. The van der Waals surface area contributed by atoms with Crippen LogP contribution in [0, 0.1) is 23.7 Å². The number of nitriles is 1. The maximum absolute atomic E-state index is 8.66. The van der Waals surface area contributed by atoms with Crippen molar-refractivity contribution >= 4 is 0 Å². The van der Waals surface area contributed by atoms with E-state index in [1.165, 1.54) is 0 Å². The van der Waals surface area contributed by atoms with E-state index < -0.39 is 0 Å². The van der Waals surface area contributed by atoms with Crippen molar-refractivity contribution in [1.29, 1.82) is 5.26 Å². The largest absolute Gasteiger partial charge is 0.298 e. The molecule has 0 aliphatic heterocycles. The molecule has 70 valence electrons. The molecule has 1 unspecified atom stereocenters. The summed E-state index contributed by atoms with van der Waals surface area (Å²) in [6.45, 7) is 0.487. The van der Waals surface area contributed by atoms with Gasteiger partial charge in [-0.1, -0.05) is 36.3 Å². The van der Waals surface area contributed by atoms with Crippen molar-refractivity contribution in [3.05, 3.63) is 35.9 Å². The molecule has 14 heavy (non-hydrogen) atoms. The molecule has 0 saturated carbocycles. The Hall–Kier alpha value is -1.77. The van der Waals surface area contributed by atoms with Crippen molar-refractivity contribution in [2.24, 2.45) is 0 Å². The highest BCUT2D eigenvalue weighted by atomic mass is 14.9. The Labute approximate surface area is 84.6 Å². The van der Waals surface area contributed by atoms with Crippen molar-refractivity contribution in [2.75, 3.05) is 6.54 Å². The number of benzene rings is 1. The fraction of sp³-hybridized carbons (Fsp3) is 0.250. The van der Waals surface area contributed by atoms with E-state index in [0.717, 1.165) is 5.56 Å². The summed E-state index contributed by atoms with van der Waals surface area (Å²) < 4.78 is 0. The van der Waals surface area contributed by atoms with Crippen molar-refractivity contribution in [1.82, 2.24) is 5.32 Å². The fourth-order valence-electron chi connectivity index (χ4n) is 1.27. The first-order valence-corrected chi connectivity index (χ1v) is 4.47. The van der Waals surface area contributed by atoms with Crippen molar-refractivity contribution < 1.29 is 0 Å². The third-order valence-electron chi connectivity index (χ3n) is 1.95. The molecule has 0 aromatic heterocycles. The van der Waals surface area contributed by atoms with Crippen LogP contribution in [0.5, 0.6) is 0 Å².